The molecule has 9 heteroatoms. The van der Waals surface area contributed by atoms with E-state index in [-0.39, 0.29) is 5.63 Å². The average Bonchev–Trinajstić information content (AvgIpc) is 3.08. The summed E-state index contributed by atoms with van der Waals surface area (Å²) in [5.74, 6) is -3.20. The minimum atomic E-state index is -1.55. The highest BCUT2D eigenvalue weighted by molar-refractivity contribution is 5.90. The second-order valence-electron chi connectivity index (χ2n) is 6.68. The number of carbonyl (C=O) groups excluding carboxylic acids is 1. The highest BCUT2D eigenvalue weighted by atomic mass is 16.5. The molecule has 0 radical (unpaired) electrons. The van der Waals surface area contributed by atoms with E-state index in [9.17, 15) is 19.2 Å². The van der Waals surface area contributed by atoms with Crippen LogP contribution in [0.3, 0.4) is 0 Å². The third-order valence-corrected chi connectivity index (χ3v) is 4.55. The number of hydrogen-bond donors (Lipinski definition) is 3. The van der Waals surface area contributed by atoms with E-state index < -0.39 is 36.9 Å². The predicted molar refractivity (Wildman–Crippen MR) is 96.6 cm³/mol. The summed E-state index contributed by atoms with van der Waals surface area (Å²) in [6, 6.07) is 1.88. The molecule has 0 bridgehead atoms. The lowest BCUT2D eigenvalue weighted by molar-refractivity contribution is -0.147. The van der Waals surface area contributed by atoms with Gasteiger partial charge in [-0.25, -0.2) is 9.59 Å². The van der Waals surface area contributed by atoms with Gasteiger partial charge in [0.05, 0.1) is 11.8 Å². The molecule has 1 aromatic heterocycles. The molecule has 0 unspecified atom stereocenters. The molecule has 0 spiro atoms. The molecule has 28 heavy (non-hydrogen) atoms. The number of carbonyl (C=O) groups is 3. The topological polar surface area (TPSA) is 143 Å². The maximum absolute atomic E-state index is 12.1. The Morgan fingerprint density at radius 1 is 1.21 bits per heavy atom. The number of hydrogen-bond acceptors (Lipinski definition) is 6. The summed E-state index contributed by atoms with van der Waals surface area (Å²) in [4.78, 5) is 45.9. The number of carboxylic acid groups (broad SMARTS) is 2. The van der Waals surface area contributed by atoms with Crippen molar-refractivity contribution >= 4 is 28.8 Å². The number of fused-ring (bicyclic) bond motifs is 3. The van der Waals surface area contributed by atoms with Crippen LogP contribution < -0.4 is 15.7 Å². The van der Waals surface area contributed by atoms with Crippen LogP contribution in [0, 0.1) is 6.92 Å². The molecule has 0 saturated carbocycles. The van der Waals surface area contributed by atoms with Crippen molar-refractivity contribution in [3.8, 4) is 5.75 Å². The predicted octanol–water partition coefficient (Wildman–Crippen LogP) is 1.01. The van der Waals surface area contributed by atoms with Crippen LogP contribution >= 0.6 is 0 Å². The largest absolute Gasteiger partial charge is 0.483 e. The van der Waals surface area contributed by atoms with Gasteiger partial charge in [-0.15, -0.1) is 0 Å². The second kappa shape index (κ2) is 7.71. The van der Waals surface area contributed by atoms with E-state index in [1.807, 2.05) is 0 Å². The normalized spacial score (nSPS) is 13.8. The summed E-state index contributed by atoms with van der Waals surface area (Å²) in [5.41, 5.74) is 2.22. The number of benzene rings is 1. The Kier molecular flexibility index (Phi) is 5.34. The zero-order valence-electron chi connectivity index (χ0n) is 15.1. The lowest BCUT2D eigenvalue weighted by Gasteiger charge is -2.15. The van der Waals surface area contributed by atoms with Crippen LogP contribution in [0.5, 0.6) is 5.75 Å². The van der Waals surface area contributed by atoms with Gasteiger partial charge in [-0.2, -0.15) is 0 Å². The molecule has 1 aliphatic carbocycles. The van der Waals surface area contributed by atoms with Gasteiger partial charge in [0.25, 0.3) is 5.91 Å². The first kappa shape index (κ1) is 19.4. The Morgan fingerprint density at radius 3 is 2.61 bits per heavy atom. The summed E-state index contributed by atoms with van der Waals surface area (Å²) < 4.78 is 11.0. The van der Waals surface area contributed by atoms with Crippen molar-refractivity contribution in [3.63, 3.8) is 0 Å². The van der Waals surface area contributed by atoms with E-state index in [0.29, 0.717) is 35.1 Å². The average molecular weight is 389 g/mol. The zero-order valence-corrected chi connectivity index (χ0v) is 15.1. The Balaban J connectivity index is 1.84. The van der Waals surface area contributed by atoms with Crippen LogP contribution in [0.4, 0.5) is 0 Å². The van der Waals surface area contributed by atoms with Crippen LogP contribution in [-0.2, 0) is 27.2 Å². The first-order valence-corrected chi connectivity index (χ1v) is 8.72. The van der Waals surface area contributed by atoms with Gasteiger partial charge in [-0.05, 0) is 49.4 Å². The first-order valence-electron chi connectivity index (χ1n) is 8.72. The van der Waals surface area contributed by atoms with Crippen molar-refractivity contribution < 1.29 is 33.8 Å². The number of nitrogens with one attached hydrogen (secondary N) is 1. The third-order valence-electron chi connectivity index (χ3n) is 4.55. The molecular weight excluding hydrogens is 370 g/mol. The maximum atomic E-state index is 12.1. The van der Waals surface area contributed by atoms with E-state index in [4.69, 9.17) is 19.4 Å². The molecule has 1 atom stereocenters. The molecule has 0 aliphatic heterocycles. The molecule has 1 heterocycles. The Morgan fingerprint density at radius 2 is 1.93 bits per heavy atom. The van der Waals surface area contributed by atoms with Crippen LogP contribution in [0.15, 0.2) is 21.3 Å². The highest BCUT2D eigenvalue weighted by Gasteiger charge is 2.25. The standard InChI is InChI=1S/C19H19NO8/c1-9-5-13(27-8-15(21)20-12(18(24)25)7-16(22)23)17-10-3-2-4-11(10)19(26)28-14(17)6-9/h5-6,12H,2-4,7-8H2,1H3,(H,20,21)(H,22,23)(H,24,25)/t12-/m1/s1. The van der Waals surface area contributed by atoms with Gasteiger partial charge in [-0.3, -0.25) is 9.59 Å². The van der Waals surface area contributed by atoms with Gasteiger partial charge >= 0.3 is 17.6 Å². The monoisotopic (exact) mass is 389 g/mol. The fraction of sp³-hybridized carbons (Fsp3) is 0.368. The molecule has 148 valence electrons. The molecule has 1 aromatic carbocycles. The van der Waals surface area contributed by atoms with Gasteiger partial charge in [0.2, 0.25) is 0 Å². The van der Waals surface area contributed by atoms with Crippen molar-refractivity contribution in [2.45, 2.75) is 38.6 Å². The number of ether oxygens (including phenoxy) is 1. The van der Waals surface area contributed by atoms with Gasteiger partial charge in [0.15, 0.2) is 6.61 Å². The summed E-state index contributed by atoms with van der Waals surface area (Å²) in [6.45, 7) is 1.28. The van der Waals surface area contributed by atoms with Crippen molar-refractivity contribution in [1.82, 2.24) is 5.32 Å². The minimum Gasteiger partial charge on any atom is -0.483 e. The number of carboxylic acids is 2. The number of rotatable bonds is 7. The fourth-order valence-corrected chi connectivity index (χ4v) is 3.37. The summed E-state index contributed by atoms with van der Waals surface area (Å²) >= 11 is 0. The molecule has 2 aromatic rings. The van der Waals surface area contributed by atoms with Crippen LogP contribution in [0.2, 0.25) is 0 Å². The molecular formula is C19H19NO8. The zero-order chi connectivity index (χ0) is 20.4. The second-order valence-corrected chi connectivity index (χ2v) is 6.68. The van der Waals surface area contributed by atoms with Crippen molar-refractivity contribution in [2.75, 3.05) is 6.61 Å². The molecule has 1 aliphatic rings. The first-order chi connectivity index (χ1) is 13.3. The van der Waals surface area contributed by atoms with Crippen LogP contribution in [0.25, 0.3) is 11.0 Å². The van der Waals surface area contributed by atoms with E-state index in [1.54, 1.807) is 19.1 Å². The third kappa shape index (κ3) is 3.98. The molecule has 3 N–H and O–H groups in total. The highest BCUT2D eigenvalue weighted by Crippen LogP contribution is 2.35. The van der Waals surface area contributed by atoms with Gasteiger partial charge < -0.3 is 24.7 Å². The lowest BCUT2D eigenvalue weighted by Crippen LogP contribution is -2.44. The molecule has 1 amide bonds. The van der Waals surface area contributed by atoms with Gasteiger partial charge in [-0.1, -0.05) is 0 Å². The Labute approximate surface area is 158 Å². The van der Waals surface area contributed by atoms with E-state index >= 15 is 0 Å². The van der Waals surface area contributed by atoms with Crippen LogP contribution in [-0.4, -0.2) is 40.7 Å². The maximum Gasteiger partial charge on any atom is 0.339 e. The smallest absolute Gasteiger partial charge is 0.339 e. The summed E-state index contributed by atoms with van der Waals surface area (Å²) in [6.07, 6.45) is 1.40. The molecule has 9 nitrogen and oxygen atoms in total. The molecule has 3 rings (SSSR count). The number of amides is 1. The Bertz CT molecular complexity index is 1020. The Hall–Kier alpha value is -3.36. The van der Waals surface area contributed by atoms with E-state index in [1.165, 1.54) is 0 Å². The summed E-state index contributed by atoms with van der Waals surface area (Å²) in [7, 11) is 0. The van der Waals surface area contributed by atoms with Crippen molar-refractivity contribution in [1.29, 1.82) is 0 Å². The van der Waals surface area contributed by atoms with Crippen molar-refractivity contribution in [3.05, 3.63) is 39.2 Å². The molecule has 0 saturated heterocycles. The minimum absolute atomic E-state index is 0.358. The SMILES string of the molecule is Cc1cc(OCC(=O)N[C@H](CC(=O)O)C(=O)O)c2c3c(c(=O)oc2c1)CCC3. The van der Waals surface area contributed by atoms with E-state index in [2.05, 4.69) is 5.32 Å². The van der Waals surface area contributed by atoms with Gasteiger partial charge in [0.1, 0.15) is 17.4 Å². The van der Waals surface area contributed by atoms with Crippen molar-refractivity contribution in [2.24, 2.45) is 0 Å². The molecule has 0 fully saturated rings. The fourth-order valence-electron chi connectivity index (χ4n) is 3.37. The number of aryl methyl sites for hydroxylation is 2. The van der Waals surface area contributed by atoms with Gasteiger partial charge in [0, 0.05) is 5.56 Å². The van der Waals surface area contributed by atoms with Crippen LogP contribution in [0.1, 0.15) is 29.5 Å². The number of aliphatic carboxylic acids is 2. The quantitative estimate of drug-likeness (QED) is 0.596. The van der Waals surface area contributed by atoms with E-state index in [0.717, 1.165) is 17.5 Å². The lowest BCUT2D eigenvalue weighted by atomic mass is 10.0. The summed E-state index contributed by atoms with van der Waals surface area (Å²) in [5, 5.41) is 20.5.